The van der Waals surface area contributed by atoms with Crippen LogP contribution in [0.25, 0.3) is 0 Å². The third kappa shape index (κ3) is 2.58. The lowest BCUT2D eigenvalue weighted by Gasteiger charge is -2.20. The molecule has 1 aromatic carbocycles. The van der Waals surface area contributed by atoms with Crippen LogP contribution in [0.15, 0.2) is 24.3 Å². The van der Waals surface area contributed by atoms with Crippen LogP contribution >= 0.6 is 0 Å². The lowest BCUT2D eigenvalue weighted by molar-refractivity contribution is 0.687. The molecule has 21 heavy (non-hydrogen) atoms. The van der Waals surface area contributed by atoms with E-state index in [0.29, 0.717) is 11.7 Å². The molecular weight excluding hydrogens is 260 g/mol. The van der Waals surface area contributed by atoms with Gasteiger partial charge in [0.2, 0.25) is 0 Å². The lowest BCUT2D eigenvalue weighted by Crippen LogP contribution is -2.08. The lowest BCUT2D eigenvalue weighted by atomic mass is 9.90. The average Bonchev–Trinajstić information content (AvgIpc) is 3.32. The van der Waals surface area contributed by atoms with E-state index in [2.05, 4.69) is 33.5 Å². The Kier molecular flexibility index (Phi) is 3.02. The molecule has 0 radical (unpaired) electrons. The summed E-state index contributed by atoms with van der Waals surface area (Å²) >= 11 is 0. The molecule has 4 nitrogen and oxygen atoms in total. The van der Waals surface area contributed by atoms with E-state index in [1.54, 1.807) is 0 Å². The second-order valence-electron chi connectivity index (χ2n) is 6.09. The fourth-order valence-corrected chi connectivity index (χ4v) is 3.11. The minimum Gasteiger partial charge on any atom is -0.384 e. The van der Waals surface area contributed by atoms with Crippen molar-refractivity contribution in [3.63, 3.8) is 0 Å². The fraction of sp³-hybridized carbons (Fsp3) is 0.412. The first-order chi connectivity index (χ1) is 10.3. The Morgan fingerprint density at radius 1 is 1.10 bits per heavy atom. The monoisotopic (exact) mass is 280 g/mol. The van der Waals surface area contributed by atoms with Gasteiger partial charge >= 0.3 is 0 Å². The molecule has 108 valence electrons. The second kappa shape index (κ2) is 5.02. The number of hydrogen-bond acceptors (Lipinski definition) is 4. The molecule has 0 spiro atoms. The molecule has 3 N–H and O–H groups in total. The van der Waals surface area contributed by atoms with Gasteiger partial charge in [-0.25, -0.2) is 9.97 Å². The molecule has 1 heterocycles. The first-order valence-electron chi connectivity index (χ1n) is 7.82. The smallest absolute Gasteiger partial charge is 0.136 e. The molecular formula is C17H20N4. The second-order valence-corrected chi connectivity index (χ2v) is 6.09. The molecule has 1 fully saturated rings. The van der Waals surface area contributed by atoms with Crippen molar-refractivity contribution in [2.75, 3.05) is 11.1 Å². The number of benzene rings is 1. The maximum absolute atomic E-state index is 5.93. The number of fused-ring (bicyclic) bond motifs is 1. The predicted octanol–water partition coefficient (Wildman–Crippen LogP) is 3.56. The highest BCUT2D eigenvalue weighted by atomic mass is 15.1. The summed E-state index contributed by atoms with van der Waals surface area (Å²) in [5.74, 6) is 2.78. The van der Waals surface area contributed by atoms with Crippen LogP contribution in [0.1, 0.15) is 48.6 Å². The SMILES string of the molecule is Nc1cc(Nc2cccc3c2CCCC3)nc(C2CC2)n1. The van der Waals surface area contributed by atoms with Crippen molar-refractivity contribution in [3.05, 3.63) is 41.2 Å². The Bertz CT molecular complexity index is 676. The van der Waals surface area contributed by atoms with E-state index in [-0.39, 0.29) is 0 Å². The highest BCUT2D eigenvalue weighted by Crippen LogP contribution is 2.39. The third-order valence-electron chi connectivity index (χ3n) is 4.36. The molecule has 2 aliphatic rings. The molecule has 4 heteroatoms. The fourth-order valence-electron chi connectivity index (χ4n) is 3.11. The van der Waals surface area contributed by atoms with Crippen molar-refractivity contribution in [1.29, 1.82) is 0 Å². The maximum Gasteiger partial charge on any atom is 0.136 e. The summed E-state index contributed by atoms with van der Waals surface area (Å²) in [7, 11) is 0. The van der Waals surface area contributed by atoms with Gasteiger partial charge in [-0.15, -0.1) is 0 Å². The number of nitrogen functional groups attached to an aromatic ring is 1. The van der Waals surface area contributed by atoms with E-state index in [4.69, 9.17) is 5.73 Å². The number of aromatic nitrogens is 2. The van der Waals surface area contributed by atoms with E-state index in [1.807, 2.05) is 6.07 Å². The van der Waals surface area contributed by atoms with Crippen molar-refractivity contribution in [2.45, 2.75) is 44.4 Å². The largest absolute Gasteiger partial charge is 0.384 e. The number of rotatable bonds is 3. The van der Waals surface area contributed by atoms with Crippen LogP contribution in [0.4, 0.5) is 17.3 Å². The van der Waals surface area contributed by atoms with Gasteiger partial charge in [0.05, 0.1) is 0 Å². The normalized spacial score (nSPS) is 17.3. The molecule has 0 aliphatic heterocycles. The van der Waals surface area contributed by atoms with E-state index < -0.39 is 0 Å². The summed E-state index contributed by atoms with van der Waals surface area (Å²) in [6.45, 7) is 0. The molecule has 2 aromatic rings. The van der Waals surface area contributed by atoms with Gasteiger partial charge in [-0.2, -0.15) is 0 Å². The summed E-state index contributed by atoms with van der Waals surface area (Å²) < 4.78 is 0. The number of anilines is 3. The summed E-state index contributed by atoms with van der Waals surface area (Å²) in [4.78, 5) is 8.99. The van der Waals surface area contributed by atoms with Crippen LogP contribution in [0.3, 0.4) is 0 Å². The summed E-state index contributed by atoms with van der Waals surface area (Å²) in [6.07, 6.45) is 7.26. The van der Waals surface area contributed by atoms with Gasteiger partial charge in [-0.1, -0.05) is 12.1 Å². The van der Waals surface area contributed by atoms with Crippen molar-refractivity contribution in [3.8, 4) is 0 Å². The molecule has 4 rings (SSSR count). The Balaban J connectivity index is 1.67. The van der Waals surface area contributed by atoms with Gasteiger partial charge in [-0.3, -0.25) is 0 Å². The summed E-state index contributed by atoms with van der Waals surface area (Å²) in [5, 5.41) is 3.46. The molecule has 0 saturated heterocycles. The Morgan fingerprint density at radius 3 is 2.81 bits per heavy atom. The number of aryl methyl sites for hydroxylation is 1. The minimum atomic E-state index is 0.513. The average molecular weight is 280 g/mol. The predicted molar refractivity (Wildman–Crippen MR) is 84.8 cm³/mol. The third-order valence-corrected chi connectivity index (χ3v) is 4.36. The quantitative estimate of drug-likeness (QED) is 0.902. The first-order valence-corrected chi connectivity index (χ1v) is 7.82. The van der Waals surface area contributed by atoms with Gasteiger partial charge < -0.3 is 11.1 Å². The zero-order chi connectivity index (χ0) is 14.2. The molecule has 0 atom stereocenters. The van der Waals surface area contributed by atoms with Crippen LogP contribution in [0, 0.1) is 0 Å². The van der Waals surface area contributed by atoms with Gasteiger partial charge in [0.25, 0.3) is 0 Å². The number of nitrogens with two attached hydrogens (primary N) is 1. The van der Waals surface area contributed by atoms with Gasteiger partial charge in [-0.05, 0) is 55.7 Å². The van der Waals surface area contributed by atoms with E-state index in [0.717, 1.165) is 18.1 Å². The number of hydrogen-bond donors (Lipinski definition) is 2. The van der Waals surface area contributed by atoms with Crippen molar-refractivity contribution < 1.29 is 0 Å². The Hall–Kier alpha value is -2.10. The topological polar surface area (TPSA) is 63.8 Å². The number of nitrogens with zero attached hydrogens (tertiary/aromatic N) is 2. The van der Waals surface area contributed by atoms with Gasteiger partial charge in [0.15, 0.2) is 0 Å². The van der Waals surface area contributed by atoms with Crippen LogP contribution in [0.2, 0.25) is 0 Å². The van der Waals surface area contributed by atoms with Gasteiger partial charge in [0.1, 0.15) is 17.5 Å². The zero-order valence-electron chi connectivity index (χ0n) is 12.1. The highest BCUT2D eigenvalue weighted by molar-refractivity contribution is 5.64. The summed E-state index contributed by atoms with van der Waals surface area (Å²) in [5.41, 5.74) is 10.0. The van der Waals surface area contributed by atoms with Gasteiger partial charge in [0, 0.05) is 17.7 Å². The molecule has 0 amide bonds. The van der Waals surface area contributed by atoms with E-state index in [1.165, 1.54) is 48.9 Å². The highest BCUT2D eigenvalue weighted by Gasteiger charge is 2.27. The molecule has 1 aromatic heterocycles. The van der Waals surface area contributed by atoms with E-state index >= 15 is 0 Å². The number of nitrogens with one attached hydrogen (secondary N) is 1. The van der Waals surface area contributed by atoms with Crippen molar-refractivity contribution in [2.24, 2.45) is 0 Å². The van der Waals surface area contributed by atoms with Crippen LogP contribution in [-0.2, 0) is 12.8 Å². The van der Waals surface area contributed by atoms with Crippen LogP contribution < -0.4 is 11.1 Å². The first kappa shape index (κ1) is 12.6. The van der Waals surface area contributed by atoms with Crippen LogP contribution in [-0.4, -0.2) is 9.97 Å². The van der Waals surface area contributed by atoms with Crippen LogP contribution in [0.5, 0.6) is 0 Å². The van der Waals surface area contributed by atoms with Crippen molar-refractivity contribution in [1.82, 2.24) is 9.97 Å². The summed E-state index contributed by atoms with van der Waals surface area (Å²) in [6, 6.07) is 8.33. The molecule has 2 aliphatic carbocycles. The molecule has 0 unspecified atom stereocenters. The zero-order valence-corrected chi connectivity index (χ0v) is 12.1. The molecule has 1 saturated carbocycles. The van der Waals surface area contributed by atoms with E-state index in [9.17, 15) is 0 Å². The Morgan fingerprint density at radius 2 is 1.95 bits per heavy atom. The minimum absolute atomic E-state index is 0.513. The Labute approximate surface area is 124 Å². The van der Waals surface area contributed by atoms with Crippen molar-refractivity contribution >= 4 is 17.3 Å². The maximum atomic E-state index is 5.93. The molecule has 0 bridgehead atoms. The standard InChI is InChI=1S/C17H20N4/c18-15-10-16(21-17(20-15)12-8-9-12)19-14-7-3-5-11-4-1-2-6-13(11)14/h3,5,7,10,12H,1-2,4,6,8-9H2,(H3,18,19,20,21).